The molecule has 0 aromatic carbocycles. The fourth-order valence-electron chi connectivity index (χ4n) is 5.44. The van der Waals surface area contributed by atoms with Crippen LogP contribution in [0.5, 0.6) is 0 Å². The lowest BCUT2D eigenvalue weighted by Crippen LogP contribution is -2.23. The van der Waals surface area contributed by atoms with E-state index in [1.54, 1.807) is 0 Å². The molecule has 0 saturated heterocycles. The molecule has 0 saturated carbocycles. The lowest BCUT2D eigenvalue weighted by Gasteiger charge is -2.26. The summed E-state index contributed by atoms with van der Waals surface area (Å²) in [5.74, 6) is 0. The highest BCUT2D eigenvalue weighted by Crippen LogP contribution is 2.23. The maximum Gasteiger partial charge on any atom is 0.0578 e. The Morgan fingerprint density at radius 3 is 0.743 bits per heavy atom. The number of ether oxygens (including phenoxy) is 1. The first-order valence-corrected chi connectivity index (χ1v) is 16.9. The van der Waals surface area contributed by atoms with Gasteiger partial charge in [-0.3, -0.25) is 0 Å². The van der Waals surface area contributed by atoms with Gasteiger partial charge in [-0.05, 0) is 25.7 Å². The summed E-state index contributed by atoms with van der Waals surface area (Å²) in [5, 5.41) is 0. The van der Waals surface area contributed by atoms with Crippen LogP contribution in [0, 0.1) is 0 Å². The molecule has 2 unspecified atom stereocenters. The molecule has 0 heterocycles. The summed E-state index contributed by atoms with van der Waals surface area (Å²) >= 11 is 0. The zero-order valence-electron chi connectivity index (χ0n) is 25.4. The molecule has 1 heteroatoms. The third kappa shape index (κ3) is 26.8. The second-order valence-electron chi connectivity index (χ2n) is 11.6. The molecule has 0 rings (SSSR count). The number of hydrogen-bond donors (Lipinski definition) is 0. The maximum atomic E-state index is 6.93. The fraction of sp³-hybridized carbons (Fsp3) is 1.00. The normalized spacial score (nSPS) is 13.4. The van der Waals surface area contributed by atoms with E-state index < -0.39 is 0 Å². The van der Waals surface area contributed by atoms with Gasteiger partial charge in [-0.2, -0.15) is 0 Å². The van der Waals surface area contributed by atoms with Crippen molar-refractivity contribution in [2.45, 2.75) is 220 Å². The molecule has 0 aliphatic rings. The van der Waals surface area contributed by atoms with E-state index in [0.717, 1.165) is 0 Å². The molecule has 2 atom stereocenters. The Bertz CT molecular complexity index is 332. The van der Waals surface area contributed by atoms with Crippen molar-refractivity contribution in [2.24, 2.45) is 0 Å². The molecular formula is C34H70O. The number of unbranched alkanes of at least 4 members (excludes halogenated alkanes) is 20. The van der Waals surface area contributed by atoms with E-state index in [1.165, 1.54) is 180 Å². The van der Waals surface area contributed by atoms with Crippen LogP contribution in [0.2, 0.25) is 0 Å². The number of hydrogen-bond acceptors (Lipinski definition) is 1. The first-order chi connectivity index (χ1) is 17.3. The summed E-state index contributed by atoms with van der Waals surface area (Å²) in [6, 6.07) is 0. The smallest absolute Gasteiger partial charge is 0.0578 e. The highest BCUT2D eigenvalue weighted by Gasteiger charge is 2.16. The predicted octanol–water partition coefficient (Wildman–Crippen LogP) is 12.7. The minimum Gasteiger partial charge on any atom is -0.375 e. The molecular weight excluding hydrogens is 424 g/mol. The van der Waals surface area contributed by atoms with Crippen molar-refractivity contribution in [3.8, 4) is 0 Å². The minimum atomic E-state index is 0.525. The Kier molecular flexibility index (Phi) is 30.2. The summed E-state index contributed by atoms with van der Waals surface area (Å²) in [4.78, 5) is 0. The molecule has 0 radical (unpaired) electrons. The van der Waals surface area contributed by atoms with Gasteiger partial charge in [-0.15, -0.1) is 0 Å². The lowest BCUT2D eigenvalue weighted by molar-refractivity contribution is -0.0324. The van der Waals surface area contributed by atoms with E-state index in [0.29, 0.717) is 12.2 Å². The van der Waals surface area contributed by atoms with E-state index in [-0.39, 0.29) is 0 Å². The molecule has 212 valence electrons. The highest BCUT2D eigenvalue weighted by atomic mass is 16.5. The van der Waals surface area contributed by atoms with Crippen LogP contribution in [-0.4, -0.2) is 12.2 Å². The van der Waals surface area contributed by atoms with Gasteiger partial charge in [0, 0.05) is 0 Å². The Hall–Kier alpha value is -0.0400. The Balaban J connectivity index is 4.44. The average molecular weight is 495 g/mol. The maximum absolute atomic E-state index is 6.93. The van der Waals surface area contributed by atoms with Crippen molar-refractivity contribution in [3.63, 3.8) is 0 Å². The summed E-state index contributed by atoms with van der Waals surface area (Å²) < 4.78 is 6.93. The van der Waals surface area contributed by atoms with Gasteiger partial charge in [0.1, 0.15) is 0 Å². The molecule has 1 nitrogen and oxygen atoms in total. The van der Waals surface area contributed by atoms with Crippen LogP contribution in [-0.2, 0) is 4.74 Å². The van der Waals surface area contributed by atoms with Crippen LogP contribution in [0.3, 0.4) is 0 Å². The minimum absolute atomic E-state index is 0.525. The van der Waals surface area contributed by atoms with Crippen molar-refractivity contribution < 1.29 is 4.74 Å². The van der Waals surface area contributed by atoms with Crippen molar-refractivity contribution in [2.75, 3.05) is 0 Å². The summed E-state index contributed by atoms with van der Waals surface area (Å²) in [6.45, 7) is 9.27. The molecule has 0 spiro atoms. The first kappa shape index (κ1) is 35.0. The molecule has 35 heavy (non-hydrogen) atoms. The summed E-state index contributed by atoms with van der Waals surface area (Å²) in [5.41, 5.74) is 0. The molecule has 0 aromatic heterocycles. The molecule has 0 fully saturated rings. The van der Waals surface area contributed by atoms with E-state index in [1.807, 2.05) is 0 Å². The van der Waals surface area contributed by atoms with E-state index in [4.69, 9.17) is 4.74 Å². The van der Waals surface area contributed by atoms with Gasteiger partial charge in [-0.1, -0.05) is 182 Å². The van der Waals surface area contributed by atoms with Crippen LogP contribution in [0.4, 0.5) is 0 Å². The van der Waals surface area contributed by atoms with E-state index >= 15 is 0 Å². The quantitative estimate of drug-likeness (QED) is 0.0902. The predicted molar refractivity (Wildman–Crippen MR) is 161 cm³/mol. The van der Waals surface area contributed by atoms with E-state index in [2.05, 4.69) is 27.7 Å². The van der Waals surface area contributed by atoms with Crippen LogP contribution in [0.25, 0.3) is 0 Å². The van der Waals surface area contributed by atoms with E-state index in [9.17, 15) is 0 Å². The summed E-state index contributed by atoms with van der Waals surface area (Å²) in [6.07, 6.45) is 40.0. The molecule has 0 aliphatic heterocycles. The Morgan fingerprint density at radius 2 is 0.486 bits per heavy atom. The molecule has 0 aliphatic carbocycles. The third-order valence-electron chi connectivity index (χ3n) is 7.90. The van der Waals surface area contributed by atoms with Gasteiger partial charge in [-0.25, -0.2) is 0 Å². The van der Waals surface area contributed by atoms with Crippen molar-refractivity contribution >= 4 is 0 Å². The zero-order valence-corrected chi connectivity index (χ0v) is 25.4. The molecule has 0 bridgehead atoms. The summed E-state index contributed by atoms with van der Waals surface area (Å²) in [7, 11) is 0. The zero-order chi connectivity index (χ0) is 25.7. The van der Waals surface area contributed by atoms with Crippen molar-refractivity contribution in [1.82, 2.24) is 0 Å². The largest absolute Gasteiger partial charge is 0.375 e. The van der Waals surface area contributed by atoms with Gasteiger partial charge >= 0.3 is 0 Å². The van der Waals surface area contributed by atoms with Gasteiger partial charge in [0.25, 0.3) is 0 Å². The SMILES string of the molecule is CCCCCCCCCCC(CCCCCC)OC(CCCCCC)CCCCCCCCCC. The third-order valence-corrected chi connectivity index (χ3v) is 7.90. The molecule has 0 amide bonds. The lowest BCUT2D eigenvalue weighted by atomic mass is 9.99. The Morgan fingerprint density at radius 1 is 0.286 bits per heavy atom. The van der Waals surface area contributed by atoms with Gasteiger partial charge in [0.2, 0.25) is 0 Å². The Labute approximate surface area is 224 Å². The second kappa shape index (κ2) is 30.2. The number of rotatable bonds is 30. The van der Waals surface area contributed by atoms with Gasteiger partial charge < -0.3 is 4.74 Å². The standard InChI is InChI=1S/C34H70O/c1-5-9-13-17-19-21-23-27-31-33(29-25-15-11-7-3)35-34(30-26-16-12-8-4)32-28-24-22-20-18-14-10-6-2/h33-34H,5-32H2,1-4H3. The van der Waals surface area contributed by atoms with Crippen LogP contribution >= 0.6 is 0 Å². The average Bonchev–Trinajstić information content (AvgIpc) is 2.87. The molecule has 0 aromatic rings. The fourth-order valence-corrected chi connectivity index (χ4v) is 5.44. The van der Waals surface area contributed by atoms with Crippen LogP contribution < -0.4 is 0 Å². The monoisotopic (exact) mass is 495 g/mol. The molecule has 0 N–H and O–H groups in total. The van der Waals surface area contributed by atoms with Crippen LogP contribution in [0.15, 0.2) is 0 Å². The second-order valence-corrected chi connectivity index (χ2v) is 11.6. The van der Waals surface area contributed by atoms with Crippen LogP contribution in [0.1, 0.15) is 207 Å². The van der Waals surface area contributed by atoms with Gasteiger partial charge in [0.05, 0.1) is 12.2 Å². The topological polar surface area (TPSA) is 9.23 Å². The highest BCUT2D eigenvalue weighted by molar-refractivity contribution is 4.67. The van der Waals surface area contributed by atoms with Crippen molar-refractivity contribution in [3.05, 3.63) is 0 Å². The first-order valence-electron chi connectivity index (χ1n) is 16.9. The van der Waals surface area contributed by atoms with Gasteiger partial charge in [0.15, 0.2) is 0 Å². The van der Waals surface area contributed by atoms with Crippen molar-refractivity contribution in [1.29, 1.82) is 0 Å².